The highest BCUT2D eigenvalue weighted by Crippen LogP contribution is 2.55. The summed E-state index contributed by atoms with van der Waals surface area (Å²) in [7, 11) is 0. The minimum absolute atomic E-state index is 0.0204. The van der Waals surface area contributed by atoms with Crippen molar-refractivity contribution in [1.29, 1.82) is 0 Å². The zero-order valence-corrected chi connectivity index (χ0v) is 18.5. The highest BCUT2D eigenvalue weighted by Gasteiger charge is 2.47. The highest BCUT2D eigenvalue weighted by atomic mass is 16.5. The van der Waals surface area contributed by atoms with E-state index >= 15 is 0 Å². The summed E-state index contributed by atoms with van der Waals surface area (Å²) in [5.41, 5.74) is 2.50. The largest absolute Gasteiger partial charge is 0.508 e. The summed E-state index contributed by atoms with van der Waals surface area (Å²) in [4.78, 5) is 12.7. The molecule has 0 saturated heterocycles. The van der Waals surface area contributed by atoms with Gasteiger partial charge in [0.15, 0.2) is 0 Å². The molecule has 2 aliphatic carbocycles. The number of carbonyl (C=O) groups excluding carboxylic acids is 1. The third-order valence-corrected chi connectivity index (χ3v) is 7.16. The lowest BCUT2D eigenvalue weighted by atomic mass is 9.66. The van der Waals surface area contributed by atoms with Crippen LogP contribution in [0.4, 0.5) is 0 Å². The van der Waals surface area contributed by atoms with Crippen LogP contribution >= 0.6 is 0 Å². The Bertz CT molecular complexity index is 848. The molecule has 0 spiro atoms. The predicted molar refractivity (Wildman–Crippen MR) is 115 cm³/mol. The average Bonchev–Trinajstić information content (AvgIpc) is 3.44. The van der Waals surface area contributed by atoms with Crippen LogP contribution < -0.4 is 10.1 Å². The standard InChI is InChI=1S/C25H35NO3/c1-6-11-24(2,3)16-13-20(27)22-18-12-15(23(28)26-17-8-9-17)7-10-19(18)25(4,5)29-21(22)14-16/h7,13-14,17-19,27H,6,8-12H2,1-5H3,(H,26,28). The Labute approximate surface area is 174 Å². The first-order valence-electron chi connectivity index (χ1n) is 11.2. The van der Waals surface area contributed by atoms with Crippen molar-refractivity contribution in [2.24, 2.45) is 5.92 Å². The first kappa shape index (κ1) is 20.3. The molecule has 1 aromatic carbocycles. The van der Waals surface area contributed by atoms with Gasteiger partial charge < -0.3 is 15.2 Å². The van der Waals surface area contributed by atoms with E-state index < -0.39 is 0 Å². The Kier molecular flexibility index (Phi) is 4.95. The van der Waals surface area contributed by atoms with Crippen LogP contribution in [0.25, 0.3) is 0 Å². The van der Waals surface area contributed by atoms with Crippen molar-refractivity contribution in [2.45, 2.75) is 96.1 Å². The molecule has 29 heavy (non-hydrogen) atoms. The second-order valence-electron chi connectivity index (χ2n) is 10.4. The molecule has 158 valence electrons. The number of phenols is 1. The zero-order chi connectivity index (χ0) is 21.0. The van der Waals surface area contributed by atoms with Crippen molar-refractivity contribution in [1.82, 2.24) is 5.32 Å². The average molecular weight is 398 g/mol. The molecular formula is C25H35NO3. The van der Waals surface area contributed by atoms with E-state index in [1.165, 1.54) is 0 Å². The molecule has 4 rings (SSSR count). The number of allylic oxidation sites excluding steroid dienone is 1. The summed E-state index contributed by atoms with van der Waals surface area (Å²) >= 11 is 0. The van der Waals surface area contributed by atoms with E-state index in [1.807, 2.05) is 6.07 Å². The molecule has 0 radical (unpaired) electrons. The van der Waals surface area contributed by atoms with Crippen LogP contribution in [0, 0.1) is 5.92 Å². The molecule has 1 fully saturated rings. The quantitative estimate of drug-likeness (QED) is 0.705. The summed E-state index contributed by atoms with van der Waals surface area (Å²) in [6.07, 6.45) is 7.87. The second kappa shape index (κ2) is 7.07. The second-order valence-corrected chi connectivity index (χ2v) is 10.4. The monoisotopic (exact) mass is 397 g/mol. The Morgan fingerprint density at radius 3 is 2.69 bits per heavy atom. The number of ether oxygens (including phenoxy) is 1. The van der Waals surface area contributed by atoms with Gasteiger partial charge in [-0.25, -0.2) is 0 Å². The highest BCUT2D eigenvalue weighted by molar-refractivity contribution is 5.94. The van der Waals surface area contributed by atoms with Crippen molar-refractivity contribution in [2.75, 3.05) is 0 Å². The van der Waals surface area contributed by atoms with Gasteiger partial charge in [-0.3, -0.25) is 4.79 Å². The van der Waals surface area contributed by atoms with Crippen LogP contribution in [-0.4, -0.2) is 22.7 Å². The molecule has 4 heteroatoms. The van der Waals surface area contributed by atoms with Crippen molar-refractivity contribution in [3.63, 3.8) is 0 Å². The van der Waals surface area contributed by atoms with Crippen molar-refractivity contribution < 1.29 is 14.6 Å². The first-order valence-corrected chi connectivity index (χ1v) is 11.2. The summed E-state index contributed by atoms with van der Waals surface area (Å²) in [5.74, 6) is 1.52. The van der Waals surface area contributed by atoms with Crippen LogP contribution in [-0.2, 0) is 10.2 Å². The lowest BCUT2D eigenvalue weighted by Gasteiger charge is -2.47. The van der Waals surface area contributed by atoms with Gasteiger partial charge in [0.25, 0.3) is 0 Å². The third kappa shape index (κ3) is 3.78. The van der Waals surface area contributed by atoms with Crippen LogP contribution in [0.2, 0.25) is 0 Å². The van der Waals surface area contributed by atoms with E-state index in [4.69, 9.17) is 4.74 Å². The van der Waals surface area contributed by atoms with Crippen LogP contribution in [0.1, 0.15) is 90.2 Å². The summed E-state index contributed by atoms with van der Waals surface area (Å²) in [6.45, 7) is 10.9. The molecule has 2 N–H and O–H groups in total. The molecule has 1 heterocycles. The Balaban J connectivity index is 1.70. The van der Waals surface area contributed by atoms with Gasteiger partial charge in [0.05, 0.1) is 0 Å². The molecule has 4 nitrogen and oxygen atoms in total. The molecule has 2 atom stereocenters. The van der Waals surface area contributed by atoms with Crippen LogP contribution in [0.3, 0.4) is 0 Å². The van der Waals surface area contributed by atoms with E-state index in [0.29, 0.717) is 18.2 Å². The number of hydrogen-bond donors (Lipinski definition) is 2. The van der Waals surface area contributed by atoms with Crippen molar-refractivity contribution in [3.05, 3.63) is 34.9 Å². The van der Waals surface area contributed by atoms with Crippen LogP contribution in [0.15, 0.2) is 23.8 Å². The van der Waals surface area contributed by atoms with E-state index in [-0.39, 0.29) is 28.8 Å². The molecule has 1 saturated carbocycles. The summed E-state index contributed by atoms with van der Waals surface area (Å²) < 4.78 is 6.46. The smallest absolute Gasteiger partial charge is 0.247 e. The van der Waals surface area contributed by atoms with Gasteiger partial charge in [0.2, 0.25) is 5.91 Å². The SMILES string of the molecule is CCCC(C)(C)c1cc(O)c2c(c1)OC(C)(C)C1CC=C(C(=O)NC3CC3)CC21. The molecule has 1 amide bonds. The normalized spacial score (nSPS) is 25.3. The van der Waals surface area contributed by atoms with Gasteiger partial charge in [0, 0.05) is 29.0 Å². The molecule has 0 bridgehead atoms. The summed E-state index contributed by atoms with van der Waals surface area (Å²) in [5, 5.41) is 14.2. The topological polar surface area (TPSA) is 58.6 Å². The van der Waals surface area contributed by atoms with E-state index in [1.54, 1.807) is 0 Å². The van der Waals surface area contributed by atoms with Gasteiger partial charge >= 0.3 is 0 Å². The van der Waals surface area contributed by atoms with Gasteiger partial charge in [-0.05, 0) is 69.1 Å². The fraction of sp³-hybridized carbons (Fsp3) is 0.640. The maximum absolute atomic E-state index is 12.7. The van der Waals surface area contributed by atoms with Gasteiger partial charge in [-0.1, -0.05) is 33.3 Å². The Morgan fingerprint density at radius 1 is 1.31 bits per heavy atom. The number of nitrogens with one attached hydrogen (secondary N) is 1. The number of phenolic OH excluding ortho intramolecular Hbond substituents is 1. The number of carbonyl (C=O) groups is 1. The van der Waals surface area contributed by atoms with Crippen molar-refractivity contribution in [3.8, 4) is 11.5 Å². The molecule has 1 aliphatic heterocycles. The van der Waals surface area contributed by atoms with Crippen molar-refractivity contribution >= 4 is 5.91 Å². The number of aromatic hydroxyl groups is 1. The zero-order valence-electron chi connectivity index (χ0n) is 18.5. The maximum Gasteiger partial charge on any atom is 0.247 e. The van der Waals surface area contributed by atoms with Gasteiger partial charge in [0.1, 0.15) is 17.1 Å². The number of hydrogen-bond acceptors (Lipinski definition) is 3. The number of benzene rings is 1. The van der Waals surface area contributed by atoms with E-state index in [9.17, 15) is 9.90 Å². The van der Waals surface area contributed by atoms with Gasteiger partial charge in [-0.15, -0.1) is 0 Å². The lowest BCUT2D eigenvalue weighted by molar-refractivity contribution is -0.118. The Hall–Kier alpha value is -1.97. The lowest BCUT2D eigenvalue weighted by Crippen LogP contribution is -2.46. The fourth-order valence-electron chi connectivity index (χ4n) is 5.25. The fourth-order valence-corrected chi connectivity index (χ4v) is 5.25. The number of amides is 1. The van der Waals surface area contributed by atoms with Gasteiger partial charge in [-0.2, -0.15) is 0 Å². The number of fused-ring (bicyclic) bond motifs is 3. The molecular weight excluding hydrogens is 362 g/mol. The molecule has 1 aromatic rings. The summed E-state index contributed by atoms with van der Waals surface area (Å²) in [6, 6.07) is 4.41. The van der Waals surface area contributed by atoms with E-state index in [0.717, 1.165) is 54.6 Å². The molecule has 0 aromatic heterocycles. The predicted octanol–water partition coefficient (Wildman–Crippen LogP) is 5.34. The molecule has 3 aliphatic rings. The minimum Gasteiger partial charge on any atom is -0.508 e. The first-order chi connectivity index (χ1) is 13.6. The maximum atomic E-state index is 12.7. The number of rotatable bonds is 5. The minimum atomic E-state index is -0.341. The van der Waals surface area contributed by atoms with E-state index in [2.05, 4.69) is 52.1 Å². The molecule has 2 unspecified atom stereocenters. The third-order valence-electron chi connectivity index (χ3n) is 7.16. The van der Waals surface area contributed by atoms with Crippen LogP contribution in [0.5, 0.6) is 11.5 Å². The Morgan fingerprint density at radius 2 is 2.03 bits per heavy atom.